The topological polar surface area (TPSA) is 26.3 Å². The molecule has 286 valence electrons. The Kier molecular flexibility index (Phi) is 36.8. The molecule has 48 heavy (non-hydrogen) atoms. The Hall–Kier alpha value is -0.790. The Labute approximate surface area is 304 Å². The van der Waals surface area contributed by atoms with E-state index in [1.54, 1.807) is 0 Å². The maximum atomic E-state index is 12.6. The van der Waals surface area contributed by atoms with Gasteiger partial charge in [-0.25, -0.2) is 0 Å². The van der Waals surface area contributed by atoms with E-state index in [0.717, 1.165) is 24.7 Å². The molecule has 0 rings (SSSR count). The first-order chi connectivity index (χ1) is 23.4. The number of ether oxygens (including phenoxy) is 1. The Morgan fingerprint density at radius 3 is 1.27 bits per heavy atom. The minimum Gasteiger partial charge on any atom is -0.465 e. The van der Waals surface area contributed by atoms with Crippen molar-refractivity contribution in [1.82, 2.24) is 0 Å². The van der Waals surface area contributed by atoms with E-state index in [9.17, 15) is 4.79 Å². The van der Waals surface area contributed by atoms with E-state index in [4.69, 9.17) is 4.74 Å². The van der Waals surface area contributed by atoms with Gasteiger partial charge in [0.1, 0.15) is 0 Å². The number of rotatable bonds is 38. The van der Waals surface area contributed by atoms with Crippen LogP contribution in [0.15, 0.2) is 12.2 Å². The number of allylic oxidation sites excluding steroid dienone is 2. The maximum Gasteiger partial charge on any atom is 0.308 e. The Balaban J connectivity index is 3.62. The van der Waals surface area contributed by atoms with Crippen molar-refractivity contribution in [3.05, 3.63) is 12.2 Å². The molecule has 2 heteroatoms. The molecule has 0 radical (unpaired) electrons. The first-order valence-corrected chi connectivity index (χ1v) is 22.2. The standard InChI is InChI=1S/C46H90O2/c1-7-9-11-13-15-17-19-21-23-24-25-27-29-31-33-35-37-42(3)39-43(4)40-44(5)41-45(6)46(47)48-38-36-34-32-30-28-26-22-20-18-16-14-12-10-8-2/h17,19,42-45H,7-16,18,20-41H2,1-6H3/b19-17+. The highest BCUT2D eigenvalue weighted by Crippen LogP contribution is 2.27. The van der Waals surface area contributed by atoms with Crippen LogP contribution < -0.4 is 0 Å². The minimum absolute atomic E-state index is 0.0261. The second-order valence-electron chi connectivity index (χ2n) is 16.4. The Bertz CT molecular complexity index is 669. The van der Waals surface area contributed by atoms with Crippen LogP contribution in [0.4, 0.5) is 0 Å². The average molecular weight is 675 g/mol. The first kappa shape index (κ1) is 47.2. The normalized spacial score (nSPS) is 14.4. The zero-order valence-electron chi connectivity index (χ0n) is 34.1. The van der Waals surface area contributed by atoms with Crippen molar-refractivity contribution in [3.63, 3.8) is 0 Å². The van der Waals surface area contributed by atoms with E-state index in [1.807, 2.05) is 0 Å². The summed E-state index contributed by atoms with van der Waals surface area (Å²) in [5, 5.41) is 0. The van der Waals surface area contributed by atoms with Gasteiger partial charge in [0.05, 0.1) is 12.5 Å². The lowest BCUT2D eigenvalue weighted by atomic mass is 9.84. The second-order valence-corrected chi connectivity index (χ2v) is 16.4. The summed E-state index contributed by atoms with van der Waals surface area (Å²) >= 11 is 0. The second kappa shape index (κ2) is 37.5. The van der Waals surface area contributed by atoms with Gasteiger partial charge in [-0.3, -0.25) is 4.79 Å². The fourth-order valence-corrected chi connectivity index (χ4v) is 7.74. The van der Waals surface area contributed by atoms with Crippen LogP contribution in [-0.4, -0.2) is 12.6 Å². The number of hydrogen-bond acceptors (Lipinski definition) is 2. The third-order valence-corrected chi connectivity index (χ3v) is 10.7. The van der Waals surface area contributed by atoms with Crippen LogP contribution in [0.1, 0.15) is 247 Å². The summed E-state index contributed by atoms with van der Waals surface area (Å²) in [6.45, 7) is 14.5. The molecular weight excluding hydrogens is 585 g/mol. The van der Waals surface area contributed by atoms with Crippen LogP contribution in [0.3, 0.4) is 0 Å². The molecule has 0 amide bonds. The highest BCUT2D eigenvalue weighted by atomic mass is 16.5. The molecule has 0 aromatic heterocycles. The maximum absolute atomic E-state index is 12.6. The van der Waals surface area contributed by atoms with Crippen molar-refractivity contribution in [2.45, 2.75) is 247 Å². The SMILES string of the molecule is CCCCCC/C=C/CCCCCCCCCCC(C)CC(C)CC(C)CC(C)C(=O)OCCCCCCCCCCCCCCCC. The van der Waals surface area contributed by atoms with Crippen molar-refractivity contribution in [2.75, 3.05) is 6.61 Å². The molecule has 0 fully saturated rings. The molecule has 2 nitrogen and oxygen atoms in total. The summed E-state index contributed by atoms with van der Waals surface area (Å²) in [5.41, 5.74) is 0. The van der Waals surface area contributed by atoms with Gasteiger partial charge in [-0.1, -0.05) is 208 Å². The highest BCUT2D eigenvalue weighted by Gasteiger charge is 2.20. The zero-order chi connectivity index (χ0) is 35.3. The molecule has 0 aromatic rings. The van der Waals surface area contributed by atoms with Gasteiger partial charge in [0.15, 0.2) is 0 Å². The van der Waals surface area contributed by atoms with E-state index in [1.165, 1.54) is 193 Å². The smallest absolute Gasteiger partial charge is 0.308 e. The molecule has 0 aromatic carbocycles. The van der Waals surface area contributed by atoms with E-state index in [0.29, 0.717) is 12.5 Å². The summed E-state index contributed by atoms with van der Waals surface area (Å²) < 4.78 is 5.66. The lowest BCUT2D eigenvalue weighted by Crippen LogP contribution is -2.19. The lowest BCUT2D eigenvalue weighted by molar-refractivity contribution is -0.148. The molecule has 0 N–H and O–H groups in total. The van der Waals surface area contributed by atoms with Gasteiger partial charge in [0.2, 0.25) is 0 Å². The molecular formula is C46H90O2. The number of carbonyl (C=O) groups excluding carboxylic acids is 1. The fraction of sp³-hybridized carbons (Fsp3) is 0.935. The van der Waals surface area contributed by atoms with Crippen molar-refractivity contribution in [2.24, 2.45) is 23.7 Å². The monoisotopic (exact) mass is 675 g/mol. The van der Waals surface area contributed by atoms with Crippen LogP contribution in [0, 0.1) is 23.7 Å². The largest absolute Gasteiger partial charge is 0.465 e. The summed E-state index contributed by atoms with van der Waals surface area (Å²) in [6, 6.07) is 0. The lowest BCUT2D eigenvalue weighted by Gasteiger charge is -2.22. The van der Waals surface area contributed by atoms with Gasteiger partial charge in [0.25, 0.3) is 0 Å². The van der Waals surface area contributed by atoms with Crippen molar-refractivity contribution >= 4 is 5.97 Å². The molecule has 0 saturated heterocycles. The van der Waals surface area contributed by atoms with E-state index in [-0.39, 0.29) is 11.9 Å². The Morgan fingerprint density at radius 2 is 0.792 bits per heavy atom. The van der Waals surface area contributed by atoms with Gasteiger partial charge in [-0.2, -0.15) is 0 Å². The minimum atomic E-state index is 0.0261. The molecule has 0 aliphatic rings. The molecule has 0 aliphatic heterocycles. The van der Waals surface area contributed by atoms with Crippen LogP contribution in [0.5, 0.6) is 0 Å². The van der Waals surface area contributed by atoms with Crippen LogP contribution >= 0.6 is 0 Å². The van der Waals surface area contributed by atoms with Crippen molar-refractivity contribution < 1.29 is 9.53 Å². The average Bonchev–Trinajstić information content (AvgIpc) is 3.05. The molecule has 0 bridgehead atoms. The zero-order valence-corrected chi connectivity index (χ0v) is 34.1. The van der Waals surface area contributed by atoms with Crippen molar-refractivity contribution in [3.8, 4) is 0 Å². The number of carbonyl (C=O) groups is 1. The van der Waals surface area contributed by atoms with Gasteiger partial charge >= 0.3 is 5.97 Å². The molecule has 0 saturated carbocycles. The van der Waals surface area contributed by atoms with E-state index < -0.39 is 0 Å². The van der Waals surface area contributed by atoms with E-state index in [2.05, 4.69) is 53.7 Å². The fourth-order valence-electron chi connectivity index (χ4n) is 7.74. The van der Waals surface area contributed by atoms with E-state index >= 15 is 0 Å². The number of esters is 1. The van der Waals surface area contributed by atoms with Crippen LogP contribution in [0.25, 0.3) is 0 Å². The third kappa shape index (κ3) is 35.1. The number of hydrogen-bond donors (Lipinski definition) is 0. The van der Waals surface area contributed by atoms with Gasteiger partial charge in [0, 0.05) is 0 Å². The van der Waals surface area contributed by atoms with Gasteiger partial charge in [-0.05, 0) is 69.1 Å². The highest BCUT2D eigenvalue weighted by molar-refractivity contribution is 5.71. The summed E-state index contributed by atoms with van der Waals surface area (Å²) in [6.07, 6.45) is 48.1. The van der Waals surface area contributed by atoms with Gasteiger partial charge < -0.3 is 4.74 Å². The molecule has 4 unspecified atom stereocenters. The quantitative estimate of drug-likeness (QED) is 0.0370. The predicted molar refractivity (Wildman–Crippen MR) is 216 cm³/mol. The Morgan fingerprint density at radius 1 is 0.438 bits per heavy atom. The summed E-state index contributed by atoms with van der Waals surface area (Å²) in [5.74, 6) is 2.20. The van der Waals surface area contributed by atoms with Crippen molar-refractivity contribution in [1.29, 1.82) is 0 Å². The molecule has 0 spiro atoms. The van der Waals surface area contributed by atoms with Gasteiger partial charge in [-0.15, -0.1) is 0 Å². The molecule has 0 heterocycles. The summed E-state index contributed by atoms with van der Waals surface area (Å²) in [4.78, 5) is 12.6. The number of unbranched alkanes of at least 4 members (excludes halogenated alkanes) is 25. The molecule has 4 atom stereocenters. The van der Waals surface area contributed by atoms with Crippen LogP contribution in [0.2, 0.25) is 0 Å². The predicted octanol–water partition coefficient (Wildman–Crippen LogP) is 16.2. The summed E-state index contributed by atoms with van der Waals surface area (Å²) in [7, 11) is 0. The first-order valence-electron chi connectivity index (χ1n) is 22.2. The third-order valence-electron chi connectivity index (χ3n) is 10.7. The molecule has 0 aliphatic carbocycles. The van der Waals surface area contributed by atoms with Crippen LogP contribution in [-0.2, 0) is 9.53 Å².